The average Bonchev–Trinajstić information content (AvgIpc) is 2.64. The van der Waals surface area contributed by atoms with Gasteiger partial charge in [0.25, 0.3) is 0 Å². The molecule has 0 spiro atoms. The number of hydrogen-bond donors (Lipinski definition) is 1. The molecule has 0 amide bonds. The van der Waals surface area contributed by atoms with Gasteiger partial charge < -0.3 is 5.11 Å². The van der Waals surface area contributed by atoms with Gasteiger partial charge in [0.15, 0.2) is 5.69 Å². The Morgan fingerprint density at radius 3 is 2.65 bits per heavy atom. The van der Waals surface area contributed by atoms with Gasteiger partial charge in [0.2, 0.25) is 0 Å². The minimum absolute atomic E-state index is 0.0540. The van der Waals surface area contributed by atoms with E-state index in [1.165, 1.54) is 4.68 Å². The summed E-state index contributed by atoms with van der Waals surface area (Å²) in [5.74, 6) is -1.09. The molecule has 1 N–H and O–H groups in total. The van der Waals surface area contributed by atoms with E-state index >= 15 is 0 Å². The standard InChI is InChI=1S/C11H10ClN3O2/c1-6-3-4-8(5-9(6)12)15-7(2)10(11(16)17)13-14-15/h3-5H,1-2H3,(H,16,17). The number of carboxylic acid groups (broad SMARTS) is 1. The number of rotatable bonds is 2. The van der Waals surface area contributed by atoms with E-state index in [0.29, 0.717) is 16.4 Å². The van der Waals surface area contributed by atoms with Crippen LogP contribution in [-0.4, -0.2) is 26.1 Å². The van der Waals surface area contributed by atoms with Crippen molar-refractivity contribution in [1.29, 1.82) is 0 Å². The molecule has 1 aromatic heterocycles. The van der Waals surface area contributed by atoms with Gasteiger partial charge in [-0.15, -0.1) is 5.10 Å². The van der Waals surface area contributed by atoms with Gasteiger partial charge in [0.05, 0.1) is 11.4 Å². The average molecular weight is 252 g/mol. The van der Waals surface area contributed by atoms with Gasteiger partial charge in [0, 0.05) is 5.02 Å². The number of nitrogens with zero attached hydrogens (tertiary/aromatic N) is 3. The van der Waals surface area contributed by atoms with Crippen molar-refractivity contribution >= 4 is 17.6 Å². The van der Waals surface area contributed by atoms with Crippen LogP contribution in [0.5, 0.6) is 0 Å². The van der Waals surface area contributed by atoms with E-state index in [1.807, 2.05) is 19.1 Å². The summed E-state index contributed by atoms with van der Waals surface area (Å²) in [6.07, 6.45) is 0. The molecule has 0 aliphatic carbocycles. The molecule has 88 valence electrons. The zero-order valence-electron chi connectivity index (χ0n) is 9.31. The lowest BCUT2D eigenvalue weighted by molar-refractivity contribution is 0.0689. The van der Waals surface area contributed by atoms with Crippen LogP contribution in [0.2, 0.25) is 5.02 Å². The lowest BCUT2D eigenvalue weighted by Gasteiger charge is -2.05. The fourth-order valence-corrected chi connectivity index (χ4v) is 1.66. The second-order valence-corrected chi connectivity index (χ2v) is 4.08. The summed E-state index contributed by atoms with van der Waals surface area (Å²) >= 11 is 6.01. The summed E-state index contributed by atoms with van der Waals surface area (Å²) in [5.41, 5.74) is 2.06. The quantitative estimate of drug-likeness (QED) is 0.889. The first-order valence-corrected chi connectivity index (χ1v) is 5.30. The SMILES string of the molecule is Cc1ccc(-n2nnc(C(=O)O)c2C)cc1Cl. The predicted molar refractivity (Wildman–Crippen MR) is 62.8 cm³/mol. The van der Waals surface area contributed by atoms with Crippen LogP contribution in [0.25, 0.3) is 5.69 Å². The normalized spacial score (nSPS) is 10.5. The Labute approximate surface area is 103 Å². The summed E-state index contributed by atoms with van der Waals surface area (Å²) in [6, 6.07) is 5.39. The molecule has 0 aliphatic rings. The van der Waals surface area contributed by atoms with E-state index in [-0.39, 0.29) is 5.69 Å². The molecule has 6 heteroatoms. The van der Waals surface area contributed by atoms with Crippen LogP contribution in [0.1, 0.15) is 21.7 Å². The maximum atomic E-state index is 10.8. The van der Waals surface area contributed by atoms with Crippen LogP contribution >= 0.6 is 11.6 Å². The molecule has 0 fully saturated rings. The Morgan fingerprint density at radius 2 is 2.12 bits per heavy atom. The first-order valence-electron chi connectivity index (χ1n) is 4.93. The van der Waals surface area contributed by atoms with Crippen molar-refractivity contribution in [1.82, 2.24) is 15.0 Å². The van der Waals surface area contributed by atoms with Crippen molar-refractivity contribution in [3.05, 3.63) is 40.2 Å². The molecule has 1 aromatic carbocycles. The Bertz CT molecular complexity index is 592. The van der Waals surface area contributed by atoms with E-state index in [0.717, 1.165) is 5.56 Å². The second-order valence-electron chi connectivity index (χ2n) is 3.67. The highest BCUT2D eigenvalue weighted by Crippen LogP contribution is 2.20. The Kier molecular flexibility index (Phi) is 2.85. The molecule has 2 rings (SSSR count). The van der Waals surface area contributed by atoms with Crippen LogP contribution < -0.4 is 0 Å². The van der Waals surface area contributed by atoms with Crippen LogP contribution in [0.3, 0.4) is 0 Å². The van der Waals surface area contributed by atoms with E-state index < -0.39 is 5.97 Å². The van der Waals surface area contributed by atoms with Crippen LogP contribution in [0.15, 0.2) is 18.2 Å². The number of hydrogen-bond acceptors (Lipinski definition) is 3. The van der Waals surface area contributed by atoms with Gasteiger partial charge in [-0.05, 0) is 31.5 Å². The third-order valence-corrected chi connectivity index (χ3v) is 2.90. The highest BCUT2D eigenvalue weighted by Gasteiger charge is 2.16. The molecule has 2 aromatic rings. The van der Waals surface area contributed by atoms with Crippen molar-refractivity contribution in [3.8, 4) is 5.69 Å². The molecular weight excluding hydrogens is 242 g/mol. The summed E-state index contributed by atoms with van der Waals surface area (Å²) < 4.78 is 1.45. The van der Waals surface area contributed by atoms with Gasteiger partial charge >= 0.3 is 5.97 Å². The molecule has 0 saturated heterocycles. The Morgan fingerprint density at radius 1 is 1.41 bits per heavy atom. The van der Waals surface area contributed by atoms with Gasteiger partial charge in [0.1, 0.15) is 0 Å². The fraction of sp³-hybridized carbons (Fsp3) is 0.182. The molecule has 0 atom stereocenters. The lowest BCUT2D eigenvalue weighted by Crippen LogP contribution is -2.02. The first kappa shape index (κ1) is 11.6. The minimum atomic E-state index is -1.09. The number of halogens is 1. The summed E-state index contributed by atoms with van der Waals surface area (Å²) in [6.45, 7) is 3.54. The van der Waals surface area contributed by atoms with Gasteiger partial charge in [-0.3, -0.25) is 0 Å². The zero-order valence-corrected chi connectivity index (χ0v) is 10.1. The van der Waals surface area contributed by atoms with Crippen LogP contribution in [0, 0.1) is 13.8 Å². The number of carboxylic acids is 1. The first-order chi connectivity index (χ1) is 8.00. The highest BCUT2D eigenvalue weighted by molar-refractivity contribution is 6.31. The maximum Gasteiger partial charge on any atom is 0.358 e. The molecule has 0 saturated carbocycles. The Hall–Kier alpha value is -1.88. The maximum absolute atomic E-state index is 10.8. The molecule has 0 radical (unpaired) electrons. The largest absolute Gasteiger partial charge is 0.476 e. The number of aromatic carboxylic acids is 1. The molecule has 0 unspecified atom stereocenters. The minimum Gasteiger partial charge on any atom is -0.476 e. The molecule has 0 aliphatic heterocycles. The summed E-state index contributed by atoms with van der Waals surface area (Å²) in [7, 11) is 0. The molecule has 1 heterocycles. The van der Waals surface area contributed by atoms with Crippen molar-refractivity contribution in [2.24, 2.45) is 0 Å². The third kappa shape index (κ3) is 2.01. The van der Waals surface area contributed by atoms with Gasteiger partial charge in [-0.25, -0.2) is 9.48 Å². The smallest absolute Gasteiger partial charge is 0.358 e. The van der Waals surface area contributed by atoms with Crippen molar-refractivity contribution in [2.45, 2.75) is 13.8 Å². The topological polar surface area (TPSA) is 68.0 Å². The highest BCUT2D eigenvalue weighted by atomic mass is 35.5. The summed E-state index contributed by atoms with van der Waals surface area (Å²) in [4.78, 5) is 10.8. The molecular formula is C11H10ClN3O2. The number of aryl methyl sites for hydroxylation is 1. The fourth-order valence-electron chi connectivity index (χ4n) is 1.49. The van der Waals surface area contributed by atoms with Gasteiger partial charge in [-0.1, -0.05) is 22.9 Å². The number of carbonyl (C=O) groups is 1. The van der Waals surface area contributed by atoms with Crippen LogP contribution in [-0.2, 0) is 0 Å². The van der Waals surface area contributed by atoms with E-state index in [4.69, 9.17) is 16.7 Å². The zero-order chi connectivity index (χ0) is 12.6. The predicted octanol–water partition coefficient (Wildman–Crippen LogP) is 2.24. The van der Waals surface area contributed by atoms with Crippen molar-refractivity contribution < 1.29 is 9.90 Å². The van der Waals surface area contributed by atoms with Crippen molar-refractivity contribution in [3.63, 3.8) is 0 Å². The molecule has 0 bridgehead atoms. The molecule has 17 heavy (non-hydrogen) atoms. The van der Waals surface area contributed by atoms with Crippen molar-refractivity contribution in [2.75, 3.05) is 0 Å². The number of benzene rings is 1. The van der Waals surface area contributed by atoms with E-state index in [1.54, 1.807) is 13.0 Å². The summed E-state index contributed by atoms with van der Waals surface area (Å²) in [5, 5.41) is 16.9. The van der Waals surface area contributed by atoms with E-state index in [9.17, 15) is 4.79 Å². The Balaban J connectivity index is 2.53. The van der Waals surface area contributed by atoms with Crippen LogP contribution in [0.4, 0.5) is 0 Å². The third-order valence-electron chi connectivity index (χ3n) is 2.50. The van der Waals surface area contributed by atoms with E-state index in [2.05, 4.69) is 10.3 Å². The number of aromatic nitrogens is 3. The lowest BCUT2D eigenvalue weighted by atomic mass is 10.2. The second kappa shape index (κ2) is 4.18. The van der Waals surface area contributed by atoms with Gasteiger partial charge in [-0.2, -0.15) is 0 Å². The molecule has 5 nitrogen and oxygen atoms in total. The monoisotopic (exact) mass is 251 g/mol.